The lowest BCUT2D eigenvalue weighted by molar-refractivity contribution is 0.0771. The fourth-order valence-electron chi connectivity index (χ4n) is 2.89. The third kappa shape index (κ3) is 3.75. The Morgan fingerprint density at radius 1 is 1.17 bits per heavy atom. The molecule has 0 radical (unpaired) electrons. The molecule has 4 heteroatoms. The van der Waals surface area contributed by atoms with Crippen LogP contribution in [0, 0.1) is 0 Å². The Morgan fingerprint density at radius 3 is 2.54 bits per heavy atom. The molecule has 0 spiro atoms. The molecule has 0 bridgehead atoms. The number of hydrogen-bond donors (Lipinski definition) is 0. The number of nitrogens with zero attached hydrogens (tertiary/aromatic N) is 2. The van der Waals surface area contributed by atoms with Gasteiger partial charge in [0.05, 0.1) is 6.54 Å². The molecule has 1 aliphatic rings. The van der Waals surface area contributed by atoms with Crippen LogP contribution in [0.2, 0.25) is 0 Å². The summed E-state index contributed by atoms with van der Waals surface area (Å²) in [5, 5.41) is 0. The van der Waals surface area contributed by atoms with E-state index in [1.807, 2.05) is 47.4 Å². The third-order valence-corrected chi connectivity index (χ3v) is 4.36. The highest BCUT2D eigenvalue weighted by Crippen LogP contribution is 2.23. The van der Waals surface area contributed by atoms with Gasteiger partial charge < -0.3 is 9.64 Å². The van der Waals surface area contributed by atoms with Crippen LogP contribution < -0.4 is 4.74 Å². The van der Waals surface area contributed by atoms with Gasteiger partial charge in [-0.05, 0) is 29.2 Å². The molecule has 0 unspecified atom stereocenters. The van der Waals surface area contributed by atoms with Crippen molar-refractivity contribution in [2.45, 2.75) is 38.7 Å². The maximum Gasteiger partial charge on any atom is 0.253 e. The van der Waals surface area contributed by atoms with Gasteiger partial charge in [-0.3, -0.25) is 4.79 Å². The van der Waals surface area contributed by atoms with Crippen LogP contribution in [0.5, 0.6) is 5.88 Å². The van der Waals surface area contributed by atoms with E-state index in [1.54, 1.807) is 6.20 Å². The molecule has 24 heavy (non-hydrogen) atoms. The smallest absolute Gasteiger partial charge is 0.253 e. The first-order valence-corrected chi connectivity index (χ1v) is 8.41. The Balaban J connectivity index is 1.62. The number of pyridine rings is 1. The predicted octanol–water partition coefficient (Wildman–Crippen LogP) is 3.67. The average Bonchev–Trinajstić information content (AvgIpc) is 3.03. The zero-order valence-electron chi connectivity index (χ0n) is 14.5. The van der Waals surface area contributed by atoms with E-state index >= 15 is 0 Å². The summed E-state index contributed by atoms with van der Waals surface area (Å²) in [6.45, 7) is 7.84. The van der Waals surface area contributed by atoms with Gasteiger partial charge in [0.25, 0.3) is 5.91 Å². The van der Waals surface area contributed by atoms with E-state index in [9.17, 15) is 4.79 Å². The topological polar surface area (TPSA) is 42.4 Å². The number of amides is 1. The highest BCUT2D eigenvalue weighted by atomic mass is 16.5. The molecule has 1 fully saturated rings. The fourth-order valence-corrected chi connectivity index (χ4v) is 2.89. The molecule has 0 saturated carbocycles. The standard InChI is InChI=1S/C20H24N2O2/c1-20(2,3)16-9-7-15(8-10-16)19(23)22-13-11-17(14-22)24-18-6-4-5-12-21-18/h4-10,12,17H,11,13-14H2,1-3H3/t17-/m0/s1. The van der Waals surface area contributed by atoms with Crippen molar-refractivity contribution >= 4 is 5.91 Å². The molecular formula is C20H24N2O2. The number of ether oxygens (including phenoxy) is 1. The van der Waals surface area contributed by atoms with Crippen LogP contribution >= 0.6 is 0 Å². The van der Waals surface area contributed by atoms with E-state index in [2.05, 4.69) is 25.8 Å². The monoisotopic (exact) mass is 324 g/mol. The van der Waals surface area contributed by atoms with Crippen molar-refractivity contribution in [1.82, 2.24) is 9.88 Å². The summed E-state index contributed by atoms with van der Waals surface area (Å²) in [6.07, 6.45) is 2.56. The van der Waals surface area contributed by atoms with Gasteiger partial charge >= 0.3 is 0 Å². The first-order chi connectivity index (χ1) is 11.4. The normalized spacial score (nSPS) is 17.8. The van der Waals surface area contributed by atoms with Crippen molar-refractivity contribution in [3.05, 3.63) is 59.8 Å². The molecule has 1 saturated heterocycles. The van der Waals surface area contributed by atoms with Gasteiger partial charge in [0.1, 0.15) is 6.10 Å². The van der Waals surface area contributed by atoms with Crippen LogP contribution in [0.3, 0.4) is 0 Å². The zero-order chi connectivity index (χ0) is 17.2. The molecule has 1 aliphatic heterocycles. The second kappa shape index (κ2) is 6.63. The summed E-state index contributed by atoms with van der Waals surface area (Å²) in [5.74, 6) is 0.689. The molecule has 2 aromatic rings. The summed E-state index contributed by atoms with van der Waals surface area (Å²) < 4.78 is 5.85. The average molecular weight is 324 g/mol. The highest BCUT2D eigenvalue weighted by Gasteiger charge is 2.28. The minimum atomic E-state index is 0.0118. The van der Waals surface area contributed by atoms with Crippen LogP contribution in [-0.2, 0) is 5.41 Å². The van der Waals surface area contributed by atoms with Crippen molar-refractivity contribution < 1.29 is 9.53 Å². The number of carbonyl (C=O) groups excluding carboxylic acids is 1. The molecule has 1 atom stereocenters. The SMILES string of the molecule is CC(C)(C)c1ccc(C(=O)N2CC[C@H](Oc3ccccn3)C2)cc1. The van der Waals surface area contributed by atoms with E-state index in [0.29, 0.717) is 12.4 Å². The van der Waals surface area contributed by atoms with Gasteiger partial charge in [0, 0.05) is 30.8 Å². The summed E-state index contributed by atoms with van der Waals surface area (Å²) >= 11 is 0. The molecule has 0 aliphatic carbocycles. The Bertz CT molecular complexity index is 690. The van der Waals surface area contributed by atoms with Crippen LogP contribution in [0.4, 0.5) is 0 Å². The molecule has 1 aromatic heterocycles. The van der Waals surface area contributed by atoms with E-state index < -0.39 is 0 Å². The lowest BCUT2D eigenvalue weighted by Gasteiger charge is -2.20. The zero-order valence-corrected chi connectivity index (χ0v) is 14.5. The second-order valence-electron chi connectivity index (χ2n) is 7.28. The van der Waals surface area contributed by atoms with Crippen molar-refractivity contribution in [1.29, 1.82) is 0 Å². The Labute approximate surface area is 143 Å². The first kappa shape index (κ1) is 16.5. The molecule has 1 aromatic carbocycles. The van der Waals surface area contributed by atoms with Crippen LogP contribution in [0.1, 0.15) is 43.1 Å². The Hall–Kier alpha value is -2.36. The van der Waals surface area contributed by atoms with E-state index in [4.69, 9.17) is 4.74 Å². The van der Waals surface area contributed by atoms with Gasteiger partial charge in [0.15, 0.2) is 0 Å². The molecule has 3 rings (SSSR count). The molecule has 1 amide bonds. The minimum absolute atomic E-state index is 0.0118. The molecule has 4 nitrogen and oxygen atoms in total. The number of likely N-dealkylation sites (tertiary alicyclic amines) is 1. The number of hydrogen-bond acceptors (Lipinski definition) is 3. The molecule has 0 N–H and O–H groups in total. The fraction of sp³-hybridized carbons (Fsp3) is 0.400. The van der Waals surface area contributed by atoms with Crippen LogP contribution in [0.25, 0.3) is 0 Å². The number of aromatic nitrogens is 1. The van der Waals surface area contributed by atoms with Gasteiger partial charge in [-0.15, -0.1) is 0 Å². The lowest BCUT2D eigenvalue weighted by atomic mass is 9.86. The molecule has 126 valence electrons. The van der Waals surface area contributed by atoms with Crippen molar-refractivity contribution in [2.75, 3.05) is 13.1 Å². The minimum Gasteiger partial charge on any atom is -0.472 e. The summed E-state index contributed by atoms with van der Waals surface area (Å²) in [6, 6.07) is 13.5. The van der Waals surface area contributed by atoms with Crippen LogP contribution in [-0.4, -0.2) is 35.0 Å². The van der Waals surface area contributed by atoms with Crippen molar-refractivity contribution in [3.8, 4) is 5.88 Å². The van der Waals surface area contributed by atoms with Crippen molar-refractivity contribution in [2.24, 2.45) is 0 Å². The summed E-state index contributed by atoms with van der Waals surface area (Å²) in [4.78, 5) is 18.7. The maximum absolute atomic E-state index is 12.7. The quantitative estimate of drug-likeness (QED) is 0.865. The lowest BCUT2D eigenvalue weighted by Crippen LogP contribution is -2.31. The number of rotatable bonds is 3. The van der Waals surface area contributed by atoms with E-state index in [-0.39, 0.29) is 17.4 Å². The molecular weight excluding hydrogens is 300 g/mol. The number of benzene rings is 1. The molecule has 2 heterocycles. The maximum atomic E-state index is 12.7. The summed E-state index contributed by atoms with van der Waals surface area (Å²) in [7, 11) is 0. The Kier molecular flexibility index (Phi) is 4.56. The van der Waals surface area contributed by atoms with E-state index in [0.717, 1.165) is 18.5 Å². The van der Waals surface area contributed by atoms with Gasteiger partial charge in [-0.2, -0.15) is 0 Å². The van der Waals surface area contributed by atoms with Crippen molar-refractivity contribution in [3.63, 3.8) is 0 Å². The second-order valence-corrected chi connectivity index (χ2v) is 7.28. The number of carbonyl (C=O) groups is 1. The van der Waals surface area contributed by atoms with Crippen LogP contribution in [0.15, 0.2) is 48.7 Å². The Morgan fingerprint density at radius 2 is 1.92 bits per heavy atom. The van der Waals surface area contributed by atoms with Gasteiger partial charge in [-0.1, -0.05) is 39.0 Å². The van der Waals surface area contributed by atoms with Gasteiger partial charge in [0.2, 0.25) is 5.88 Å². The predicted molar refractivity (Wildman–Crippen MR) is 94.3 cm³/mol. The summed E-state index contributed by atoms with van der Waals surface area (Å²) in [5.41, 5.74) is 2.06. The van der Waals surface area contributed by atoms with E-state index in [1.165, 1.54) is 5.56 Å². The van der Waals surface area contributed by atoms with Gasteiger partial charge in [-0.25, -0.2) is 4.98 Å². The third-order valence-electron chi connectivity index (χ3n) is 4.36. The highest BCUT2D eigenvalue weighted by molar-refractivity contribution is 5.94. The first-order valence-electron chi connectivity index (χ1n) is 8.41. The largest absolute Gasteiger partial charge is 0.472 e.